The van der Waals surface area contributed by atoms with E-state index in [1.807, 2.05) is 0 Å². The van der Waals surface area contributed by atoms with E-state index in [9.17, 15) is 4.79 Å². The van der Waals surface area contributed by atoms with Gasteiger partial charge in [-0.25, -0.2) is 0 Å². The number of methoxy groups -OCH3 is 1. The molecule has 0 aromatic carbocycles. The molecule has 0 amide bonds. The Morgan fingerprint density at radius 2 is 1.46 bits per heavy atom. The molecule has 0 N–H and O–H groups in total. The molecule has 10 atom stereocenters. The predicted molar refractivity (Wildman–Crippen MR) is 157 cm³/mol. The van der Waals surface area contributed by atoms with Crippen LogP contribution in [0.2, 0.25) is 39.3 Å². The number of fused-ring (bicyclic) bond motifs is 5. The molecule has 4 saturated carbocycles. The van der Waals surface area contributed by atoms with Crippen LogP contribution in [0, 0.1) is 46.3 Å². The van der Waals surface area contributed by atoms with Gasteiger partial charge in [0.25, 0.3) is 0 Å². The van der Waals surface area contributed by atoms with Gasteiger partial charge in [0, 0.05) is 18.6 Å². The van der Waals surface area contributed by atoms with Crippen molar-refractivity contribution in [1.29, 1.82) is 0 Å². The van der Waals surface area contributed by atoms with Crippen molar-refractivity contribution in [3.63, 3.8) is 0 Å². The molecule has 4 aliphatic carbocycles. The van der Waals surface area contributed by atoms with Crippen LogP contribution in [-0.2, 0) is 18.4 Å². The summed E-state index contributed by atoms with van der Waals surface area (Å²) in [5.74, 6) is 4.31. The van der Waals surface area contributed by atoms with Gasteiger partial charge in [0.2, 0.25) is 0 Å². The van der Waals surface area contributed by atoms with Crippen LogP contribution in [0.4, 0.5) is 0 Å². The van der Waals surface area contributed by atoms with Crippen molar-refractivity contribution < 1.29 is 18.4 Å². The van der Waals surface area contributed by atoms with Crippen LogP contribution in [-0.4, -0.2) is 41.9 Å². The van der Waals surface area contributed by atoms with Gasteiger partial charge in [0.1, 0.15) is 0 Å². The van der Waals surface area contributed by atoms with Crippen molar-refractivity contribution in [2.75, 3.05) is 7.11 Å². The maximum absolute atomic E-state index is 11.9. The molecule has 0 saturated heterocycles. The van der Waals surface area contributed by atoms with Gasteiger partial charge in [0.05, 0.1) is 7.11 Å². The minimum Gasteiger partial charge on any atom is -0.469 e. The standard InChI is InChI=1S/C31H58O4Si2/c1-21(11-14-29(32)33-4)24-12-13-25-23-20-28(35-37(8,9)10)27-19-22(34-36(5,6)7)15-17-31(27,3)26(23)16-18-30(24,25)2/h21-28H,11-20H2,1-10H3/t21-,22?,23?,24-,25?,26?,27?,28?,30-,31-/m1/s1. The molecule has 0 spiro atoms. The molecule has 0 radical (unpaired) electrons. The molecule has 4 rings (SSSR count). The van der Waals surface area contributed by atoms with Crippen molar-refractivity contribution >= 4 is 22.6 Å². The second-order valence-corrected chi connectivity index (χ2v) is 24.9. The summed E-state index contributed by atoms with van der Waals surface area (Å²) in [4.78, 5) is 11.9. The van der Waals surface area contributed by atoms with E-state index in [0.717, 1.165) is 30.1 Å². The fraction of sp³-hybridized carbons (Fsp3) is 0.968. The van der Waals surface area contributed by atoms with Crippen LogP contribution in [0.3, 0.4) is 0 Å². The number of esters is 1. The Morgan fingerprint density at radius 1 is 0.838 bits per heavy atom. The van der Waals surface area contributed by atoms with Crippen LogP contribution in [0.25, 0.3) is 0 Å². The molecule has 6 heteroatoms. The van der Waals surface area contributed by atoms with E-state index < -0.39 is 16.6 Å². The van der Waals surface area contributed by atoms with E-state index in [2.05, 4.69) is 60.1 Å². The SMILES string of the molecule is COC(=O)CC[C@@H](C)[C@H]1CCC2C3CC(O[Si](C)(C)C)C4CC(O[Si](C)(C)C)CC[C@]4(C)C3CC[C@@]21C. The van der Waals surface area contributed by atoms with Crippen molar-refractivity contribution in [3.05, 3.63) is 0 Å². The van der Waals surface area contributed by atoms with E-state index in [4.69, 9.17) is 13.6 Å². The lowest BCUT2D eigenvalue weighted by atomic mass is 9.43. The Hall–Kier alpha value is -0.176. The second-order valence-electron chi connectivity index (χ2n) is 15.9. The molecule has 0 aromatic heterocycles. The van der Waals surface area contributed by atoms with Crippen molar-refractivity contribution in [1.82, 2.24) is 0 Å². The molecule has 37 heavy (non-hydrogen) atoms. The van der Waals surface area contributed by atoms with Crippen LogP contribution in [0.1, 0.15) is 85.0 Å². The zero-order valence-corrected chi connectivity index (χ0v) is 27.8. The molecular formula is C31H58O4Si2. The Kier molecular flexibility index (Phi) is 8.59. The molecule has 0 aromatic rings. The molecule has 0 heterocycles. The molecule has 6 unspecified atom stereocenters. The topological polar surface area (TPSA) is 44.8 Å². The monoisotopic (exact) mass is 550 g/mol. The van der Waals surface area contributed by atoms with Crippen LogP contribution in [0.15, 0.2) is 0 Å². The molecule has 0 aliphatic heterocycles. The maximum Gasteiger partial charge on any atom is 0.305 e. The summed E-state index contributed by atoms with van der Waals surface area (Å²) in [7, 11) is -1.70. The summed E-state index contributed by atoms with van der Waals surface area (Å²) in [5, 5.41) is 0. The third-order valence-electron chi connectivity index (χ3n) is 11.4. The molecule has 4 fully saturated rings. The fourth-order valence-corrected chi connectivity index (χ4v) is 12.4. The van der Waals surface area contributed by atoms with Gasteiger partial charge in [-0.1, -0.05) is 20.8 Å². The van der Waals surface area contributed by atoms with E-state index >= 15 is 0 Å². The number of rotatable bonds is 8. The first kappa shape index (κ1) is 29.8. The van der Waals surface area contributed by atoms with Crippen molar-refractivity contribution in [3.8, 4) is 0 Å². The molecular weight excluding hydrogens is 493 g/mol. The summed E-state index contributed by atoms with van der Waals surface area (Å²) < 4.78 is 18.8. The predicted octanol–water partition coefficient (Wildman–Crippen LogP) is 8.28. The number of hydrogen-bond donors (Lipinski definition) is 0. The quantitative estimate of drug-likeness (QED) is 0.225. The highest BCUT2D eigenvalue weighted by atomic mass is 28.4. The molecule has 4 nitrogen and oxygen atoms in total. The Labute approximate surface area is 230 Å². The Morgan fingerprint density at radius 3 is 2.08 bits per heavy atom. The lowest BCUT2D eigenvalue weighted by Gasteiger charge is -2.63. The lowest BCUT2D eigenvalue weighted by Crippen LogP contribution is -2.60. The maximum atomic E-state index is 11.9. The zero-order chi connectivity index (χ0) is 27.4. The van der Waals surface area contributed by atoms with Gasteiger partial charge >= 0.3 is 5.97 Å². The molecule has 0 bridgehead atoms. The third-order valence-corrected chi connectivity index (χ3v) is 13.5. The highest BCUT2D eigenvalue weighted by molar-refractivity contribution is 6.70. The number of carbonyl (C=O) groups excluding carboxylic acids is 1. The normalized spacial score (nSPS) is 42.9. The first-order valence-electron chi connectivity index (χ1n) is 15.5. The van der Waals surface area contributed by atoms with E-state index in [-0.39, 0.29) is 5.97 Å². The minimum absolute atomic E-state index is 0.0541. The number of carbonyl (C=O) groups is 1. The first-order chi connectivity index (χ1) is 17.1. The zero-order valence-electron chi connectivity index (χ0n) is 25.8. The van der Waals surface area contributed by atoms with Crippen LogP contribution in [0.5, 0.6) is 0 Å². The average molecular weight is 551 g/mol. The fourth-order valence-electron chi connectivity index (χ4n) is 10.0. The van der Waals surface area contributed by atoms with E-state index in [0.29, 0.717) is 41.3 Å². The summed E-state index contributed by atoms with van der Waals surface area (Å²) in [6.07, 6.45) is 12.8. The summed E-state index contributed by atoms with van der Waals surface area (Å²) >= 11 is 0. The van der Waals surface area contributed by atoms with E-state index in [1.165, 1.54) is 58.5 Å². The van der Waals surface area contributed by atoms with E-state index in [1.54, 1.807) is 0 Å². The number of hydrogen-bond acceptors (Lipinski definition) is 4. The van der Waals surface area contributed by atoms with Crippen LogP contribution < -0.4 is 0 Å². The third kappa shape index (κ3) is 6.12. The highest BCUT2D eigenvalue weighted by Gasteiger charge is 2.63. The summed E-state index contributed by atoms with van der Waals surface area (Å²) in [5.41, 5.74) is 0.782. The molecule has 214 valence electrons. The lowest BCUT2D eigenvalue weighted by molar-refractivity contribution is -0.166. The smallest absolute Gasteiger partial charge is 0.305 e. The van der Waals surface area contributed by atoms with Gasteiger partial charge in [-0.3, -0.25) is 4.79 Å². The van der Waals surface area contributed by atoms with Gasteiger partial charge in [-0.05, 0) is 143 Å². The van der Waals surface area contributed by atoms with Gasteiger partial charge in [-0.15, -0.1) is 0 Å². The summed E-state index contributed by atoms with van der Waals surface area (Å²) in [6, 6.07) is 0. The first-order valence-corrected chi connectivity index (χ1v) is 22.3. The minimum atomic E-state index is -1.66. The largest absolute Gasteiger partial charge is 0.469 e. The highest BCUT2D eigenvalue weighted by Crippen LogP contribution is 2.69. The number of ether oxygens (including phenoxy) is 1. The van der Waals surface area contributed by atoms with Crippen molar-refractivity contribution in [2.24, 2.45) is 46.3 Å². The van der Waals surface area contributed by atoms with Gasteiger partial charge < -0.3 is 13.6 Å². The van der Waals surface area contributed by atoms with Crippen molar-refractivity contribution in [2.45, 2.75) is 136 Å². The average Bonchev–Trinajstić information content (AvgIpc) is 3.13. The molecule has 4 aliphatic rings. The summed E-state index contributed by atoms with van der Waals surface area (Å²) in [6.45, 7) is 21.9. The Bertz CT molecular complexity index is 819. The van der Waals surface area contributed by atoms with Gasteiger partial charge in [0.15, 0.2) is 16.6 Å². The van der Waals surface area contributed by atoms with Crippen LogP contribution >= 0.6 is 0 Å². The Balaban J connectivity index is 1.57. The second kappa shape index (κ2) is 10.7. The van der Waals surface area contributed by atoms with Gasteiger partial charge in [-0.2, -0.15) is 0 Å².